The lowest BCUT2D eigenvalue weighted by molar-refractivity contribution is -0.137. The monoisotopic (exact) mass is 450 g/mol. The maximum atomic E-state index is 12.5. The lowest BCUT2D eigenvalue weighted by Crippen LogP contribution is -2.42. The zero-order valence-electron chi connectivity index (χ0n) is 18.6. The fraction of sp³-hybridized carbons (Fsp3) is 0.423. The highest BCUT2D eigenvalue weighted by Crippen LogP contribution is 2.44. The Bertz CT molecular complexity index is 976. The van der Waals surface area contributed by atoms with Crippen molar-refractivity contribution in [1.29, 1.82) is 0 Å². The molecule has 3 N–H and O–H groups in total. The molecular formula is C26H30N2O5. The fourth-order valence-electron chi connectivity index (χ4n) is 5.08. The third-order valence-corrected chi connectivity index (χ3v) is 6.74. The first-order valence-corrected chi connectivity index (χ1v) is 11.6. The molecule has 2 aromatic carbocycles. The summed E-state index contributed by atoms with van der Waals surface area (Å²) >= 11 is 0. The quantitative estimate of drug-likeness (QED) is 0.565. The molecule has 0 saturated heterocycles. The van der Waals surface area contributed by atoms with Gasteiger partial charge in [0.1, 0.15) is 6.61 Å². The number of alkyl carbamates (subject to hydrolysis) is 1. The van der Waals surface area contributed by atoms with Gasteiger partial charge in [-0.15, -0.1) is 0 Å². The number of ether oxygens (including phenoxy) is 1. The average molecular weight is 451 g/mol. The first-order valence-electron chi connectivity index (χ1n) is 11.6. The van der Waals surface area contributed by atoms with Crippen molar-refractivity contribution in [2.75, 3.05) is 19.7 Å². The van der Waals surface area contributed by atoms with Crippen LogP contribution in [0.2, 0.25) is 0 Å². The Balaban J connectivity index is 1.30. The maximum absolute atomic E-state index is 12.5. The molecule has 0 unspecified atom stereocenters. The Kier molecular flexibility index (Phi) is 7.27. The van der Waals surface area contributed by atoms with Crippen LogP contribution in [-0.4, -0.2) is 42.8 Å². The summed E-state index contributed by atoms with van der Waals surface area (Å²) in [5.74, 6) is -1.27. The van der Waals surface area contributed by atoms with Crippen LogP contribution < -0.4 is 10.6 Å². The predicted molar refractivity (Wildman–Crippen MR) is 124 cm³/mol. The molecule has 1 fully saturated rings. The van der Waals surface area contributed by atoms with Crippen LogP contribution in [-0.2, 0) is 14.3 Å². The standard InChI is InChI=1S/C26H30N2O5/c29-24(30)13-14-27-25(31)18-8-2-1-7-17(18)15-28-26(32)33-16-23-21-11-5-3-9-19(21)20-10-4-6-12-22(20)23/h3-6,9-12,17-18,23H,1-2,7-8,13-16H2,(H,27,31)(H,28,32)(H,29,30)/t17-,18-/m1/s1. The average Bonchev–Trinajstić information content (AvgIpc) is 3.15. The van der Waals surface area contributed by atoms with Crippen LogP contribution in [0.4, 0.5) is 4.79 Å². The smallest absolute Gasteiger partial charge is 0.407 e. The Morgan fingerprint density at radius 1 is 0.909 bits per heavy atom. The molecule has 7 heteroatoms. The molecule has 0 aromatic heterocycles. The molecule has 2 aliphatic rings. The Labute approximate surface area is 193 Å². The number of fused-ring (bicyclic) bond motifs is 3. The van der Waals surface area contributed by atoms with Crippen LogP contribution in [0.15, 0.2) is 48.5 Å². The van der Waals surface area contributed by atoms with Crippen molar-refractivity contribution in [2.24, 2.45) is 11.8 Å². The van der Waals surface area contributed by atoms with Gasteiger partial charge in [-0.05, 0) is 41.0 Å². The minimum Gasteiger partial charge on any atom is -0.481 e. The molecule has 2 atom stereocenters. The summed E-state index contributed by atoms with van der Waals surface area (Å²) in [5, 5.41) is 14.3. The van der Waals surface area contributed by atoms with E-state index in [1.807, 2.05) is 24.3 Å². The minimum atomic E-state index is -0.938. The minimum absolute atomic E-state index is 0.00518. The van der Waals surface area contributed by atoms with Crippen LogP contribution in [0.3, 0.4) is 0 Å². The van der Waals surface area contributed by atoms with E-state index in [1.54, 1.807) is 0 Å². The first kappa shape index (κ1) is 22.8. The fourth-order valence-corrected chi connectivity index (χ4v) is 5.08. The molecule has 0 spiro atoms. The molecule has 1 saturated carbocycles. The number of aliphatic carboxylic acids is 1. The number of carbonyl (C=O) groups is 3. The molecule has 2 amide bonds. The van der Waals surface area contributed by atoms with E-state index in [0.29, 0.717) is 6.54 Å². The van der Waals surface area contributed by atoms with Crippen LogP contribution in [0, 0.1) is 11.8 Å². The zero-order chi connectivity index (χ0) is 23.2. The topological polar surface area (TPSA) is 105 Å². The van der Waals surface area contributed by atoms with E-state index in [0.717, 1.165) is 36.8 Å². The van der Waals surface area contributed by atoms with Crippen LogP contribution >= 0.6 is 0 Å². The van der Waals surface area contributed by atoms with Crippen molar-refractivity contribution in [3.05, 3.63) is 59.7 Å². The molecule has 7 nitrogen and oxygen atoms in total. The van der Waals surface area contributed by atoms with Gasteiger partial charge in [0.25, 0.3) is 0 Å². The van der Waals surface area contributed by atoms with Gasteiger partial charge < -0.3 is 20.5 Å². The summed E-state index contributed by atoms with van der Waals surface area (Å²) in [4.78, 5) is 35.7. The second-order valence-electron chi connectivity index (χ2n) is 8.79. The van der Waals surface area contributed by atoms with Crippen LogP contribution in [0.25, 0.3) is 11.1 Å². The number of carboxylic acids is 1. The molecule has 33 heavy (non-hydrogen) atoms. The first-order chi connectivity index (χ1) is 16.0. The molecule has 0 heterocycles. The molecule has 2 aromatic rings. The molecule has 0 bridgehead atoms. The van der Waals surface area contributed by atoms with E-state index < -0.39 is 12.1 Å². The number of rotatable bonds is 8. The number of nitrogens with one attached hydrogen (secondary N) is 2. The van der Waals surface area contributed by atoms with Crippen molar-refractivity contribution >= 4 is 18.0 Å². The van der Waals surface area contributed by atoms with Gasteiger partial charge >= 0.3 is 12.1 Å². The number of amides is 2. The van der Waals surface area contributed by atoms with E-state index in [1.165, 1.54) is 11.1 Å². The summed E-state index contributed by atoms with van der Waals surface area (Å²) < 4.78 is 5.60. The van der Waals surface area contributed by atoms with Crippen molar-refractivity contribution < 1.29 is 24.2 Å². The van der Waals surface area contributed by atoms with Crippen molar-refractivity contribution in [1.82, 2.24) is 10.6 Å². The van der Waals surface area contributed by atoms with Crippen molar-refractivity contribution in [3.63, 3.8) is 0 Å². The normalized spacial score (nSPS) is 19.3. The van der Waals surface area contributed by atoms with E-state index in [2.05, 4.69) is 34.9 Å². The summed E-state index contributed by atoms with van der Waals surface area (Å²) in [6, 6.07) is 16.4. The van der Waals surface area contributed by atoms with Crippen molar-refractivity contribution in [3.8, 4) is 11.1 Å². The predicted octanol–water partition coefficient (Wildman–Crippen LogP) is 3.92. The van der Waals surface area contributed by atoms with Gasteiger partial charge in [0.05, 0.1) is 6.42 Å². The van der Waals surface area contributed by atoms with E-state index in [-0.39, 0.29) is 43.2 Å². The Morgan fingerprint density at radius 2 is 1.55 bits per heavy atom. The number of hydrogen-bond acceptors (Lipinski definition) is 4. The van der Waals surface area contributed by atoms with Gasteiger partial charge in [-0.3, -0.25) is 9.59 Å². The number of carboxylic acid groups (broad SMARTS) is 1. The Morgan fingerprint density at radius 3 is 2.21 bits per heavy atom. The third kappa shape index (κ3) is 5.35. The summed E-state index contributed by atoms with van der Waals surface area (Å²) in [6.07, 6.45) is 2.99. The van der Waals surface area contributed by atoms with Gasteiger partial charge in [-0.25, -0.2) is 4.79 Å². The van der Waals surface area contributed by atoms with Gasteiger partial charge in [0, 0.05) is 24.9 Å². The van der Waals surface area contributed by atoms with E-state index in [4.69, 9.17) is 9.84 Å². The van der Waals surface area contributed by atoms with Gasteiger partial charge in [-0.1, -0.05) is 61.4 Å². The summed E-state index contributed by atoms with van der Waals surface area (Å²) in [7, 11) is 0. The zero-order valence-corrected chi connectivity index (χ0v) is 18.6. The highest BCUT2D eigenvalue weighted by molar-refractivity contribution is 5.80. The van der Waals surface area contributed by atoms with Gasteiger partial charge in [0.15, 0.2) is 0 Å². The highest BCUT2D eigenvalue weighted by Gasteiger charge is 2.32. The maximum Gasteiger partial charge on any atom is 0.407 e. The molecule has 0 radical (unpaired) electrons. The lowest BCUT2D eigenvalue weighted by Gasteiger charge is -2.30. The molecule has 174 valence electrons. The third-order valence-electron chi connectivity index (χ3n) is 6.74. The summed E-state index contributed by atoms with van der Waals surface area (Å²) in [5.41, 5.74) is 4.69. The molecule has 4 rings (SSSR count). The Hall–Kier alpha value is -3.35. The van der Waals surface area contributed by atoms with E-state index >= 15 is 0 Å². The van der Waals surface area contributed by atoms with E-state index in [9.17, 15) is 14.4 Å². The number of benzene rings is 2. The molecule has 0 aliphatic heterocycles. The van der Waals surface area contributed by atoms with Gasteiger partial charge in [-0.2, -0.15) is 0 Å². The van der Waals surface area contributed by atoms with Crippen molar-refractivity contribution in [2.45, 2.75) is 38.0 Å². The second kappa shape index (κ2) is 10.5. The van der Waals surface area contributed by atoms with Gasteiger partial charge in [0.2, 0.25) is 5.91 Å². The molecule has 2 aliphatic carbocycles. The largest absolute Gasteiger partial charge is 0.481 e. The highest BCUT2D eigenvalue weighted by atomic mass is 16.5. The second-order valence-corrected chi connectivity index (χ2v) is 8.79. The molecular weight excluding hydrogens is 420 g/mol. The number of hydrogen-bond donors (Lipinski definition) is 3. The van der Waals surface area contributed by atoms with Crippen LogP contribution in [0.1, 0.15) is 49.1 Å². The summed E-state index contributed by atoms with van der Waals surface area (Å²) in [6.45, 7) is 0.745. The lowest BCUT2D eigenvalue weighted by atomic mass is 9.78. The number of carbonyl (C=O) groups excluding carboxylic acids is 2. The van der Waals surface area contributed by atoms with Crippen LogP contribution in [0.5, 0.6) is 0 Å². The SMILES string of the molecule is O=C(O)CCNC(=O)[C@@H]1CCCC[C@@H]1CNC(=O)OCC1c2ccccc2-c2ccccc21.